The summed E-state index contributed by atoms with van der Waals surface area (Å²) < 4.78 is 0. The van der Waals surface area contributed by atoms with Gasteiger partial charge in [0.05, 0.1) is 0 Å². The van der Waals surface area contributed by atoms with Gasteiger partial charge in [-0.1, -0.05) is 180 Å². The molecule has 2 nitrogen and oxygen atoms in total. The Bertz CT molecular complexity index is 3080. The second-order valence-corrected chi connectivity index (χ2v) is 15.7. The second-order valence-electron chi connectivity index (χ2n) is 15.7. The van der Waals surface area contributed by atoms with Crippen molar-refractivity contribution in [3.05, 3.63) is 254 Å². The monoisotopic (exact) mass is 999 g/mol. The van der Waals surface area contributed by atoms with Crippen molar-refractivity contribution in [1.82, 2.24) is 9.97 Å². The summed E-state index contributed by atoms with van der Waals surface area (Å²) in [5.74, 6) is 0. The molecule has 0 spiro atoms. The molecule has 0 unspecified atom stereocenters. The van der Waals surface area contributed by atoms with Crippen LogP contribution in [0, 0.1) is 32.9 Å². The quantitative estimate of drug-likeness (QED) is 0.142. The molecule has 311 valence electrons. The first-order valence-corrected chi connectivity index (χ1v) is 21.4. The molecule has 0 saturated heterocycles. The van der Waals surface area contributed by atoms with Gasteiger partial charge in [0.25, 0.3) is 0 Å². The Kier molecular flexibility index (Phi) is 13.7. The van der Waals surface area contributed by atoms with E-state index in [4.69, 9.17) is 4.98 Å². The van der Waals surface area contributed by atoms with E-state index < -0.39 is 0 Å². The zero-order valence-electron chi connectivity index (χ0n) is 36.1. The van der Waals surface area contributed by atoms with E-state index in [1.165, 1.54) is 66.8 Å². The Labute approximate surface area is 391 Å². The summed E-state index contributed by atoms with van der Waals surface area (Å²) in [7, 11) is 0. The van der Waals surface area contributed by atoms with E-state index in [1.807, 2.05) is 67.7 Å². The molecule has 0 atom stereocenters. The first kappa shape index (κ1) is 43.4. The van der Waals surface area contributed by atoms with Crippen LogP contribution in [-0.4, -0.2) is 9.97 Å². The molecule has 0 amide bonds. The van der Waals surface area contributed by atoms with Crippen LogP contribution in [0.5, 0.6) is 0 Å². The van der Waals surface area contributed by atoms with Gasteiger partial charge in [-0.25, -0.2) is 0 Å². The van der Waals surface area contributed by atoms with Crippen LogP contribution in [0.2, 0.25) is 0 Å². The Morgan fingerprint density at radius 2 is 0.781 bits per heavy atom. The smallest absolute Gasteiger partial charge is 0.0266 e. The van der Waals surface area contributed by atoms with Crippen LogP contribution in [0.15, 0.2) is 225 Å². The summed E-state index contributed by atoms with van der Waals surface area (Å²) in [6.45, 7) is 6.39. The molecule has 10 rings (SSSR count). The third-order valence-electron chi connectivity index (χ3n) is 11.2. The van der Waals surface area contributed by atoms with Crippen LogP contribution in [0.1, 0.15) is 16.8 Å². The molecule has 0 aliphatic rings. The molecular formula is C61H46IrN2-2. The first-order chi connectivity index (χ1) is 31.0. The number of nitrogens with zero attached hydrogens (tertiary/aromatic N) is 2. The van der Waals surface area contributed by atoms with Gasteiger partial charge in [-0.3, -0.25) is 0 Å². The summed E-state index contributed by atoms with van der Waals surface area (Å²) in [6, 6.07) is 83.7. The third kappa shape index (κ3) is 9.53. The molecule has 0 aliphatic heterocycles. The fourth-order valence-electron chi connectivity index (χ4n) is 8.56. The van der Waals surface area contributed by atoms with Crippen molar-refractivity contribution in [3.63, 3.8) is 0 Å². The summed E-state index contributed by atoms with van der Waals surface area (Å²) in [5.41, 5.74) is 21.6. The molecule has 0 N–H and O–H groups in total. The maximum absolute atomic E-state index is 4.72. The maximum atomic E-state index is 4.72. The van der Waals surface area contributed by atoms with Gasteiger partial charge >= 0.3 is 0 Å². The van der Waals surface area contributed by atoms with Gasteiger partial charge in [0, 0.05) is 32.0 Å². The normalized spacial score (nSPS) is 10.6. The number of aryl methyl sites for hydroxylation is 3. The van der Waals surface area contributed by atoms with E-state index >= 15 is 0 Å². The van der Waals surface area contributed by atoms with Crippen molar-refractivity contribution in [2.45, 2.75) is 20.8 Å². The summed E-state index contributed by atoms with van der Waals surface area (Å²) in [5, 5.41) is 0. The summed E-state index contributed by atoms with van der Waals surface area (Å²) in [6.07, 6.45) is 1.85. The van der Waals surface area contributed by atoms with Crippen LogP contribution in [0.25, 0.3) is 89.3 Å². The molecule has 0 saturated carbocycles. The molecule has 3 heteroatoms. The van der Waals surface area contributed by atoms with E-state index in [2.05, 4.69) is 195 Å². The van der Waals surface area contributed by atoms with E-state index in [0.29, 0.717) is 0 Å². The Hall–Kier alpha value is -7.29. The third-order valence-corrected chi connectivity index (χ3v) is 11.2. The average molecular weight is 999 g/mol. The number of benzene rings is 8. The van der Waals surface area contributed by atoms with Crippen molar-refractivity contribution < 1.29 is 20.1 Å². The van der Waals surface area contributed by atoms with Gasteiger partial charge in [0.1, 0.15) is 0 Å². The minimum atomic E-state index is 0. The van der Waals surface area contributed by atoms with Crippen LogP contribution in [-0.2, 0) is 20.1 Å². The van der Waals surface area contributed by atoms with E-state index in [-0.39, 0.29) is 20.1 Å². The molecule has 64 heavy (non-hydrogen) atoms. The van der Waals surface area contributed by atoms with Crippen molar-refractivity contribution in [2.24, 2.45) is 0 Å². The maximum Gasteiger partial charge on any atom is 0.0266 e. The minimum Gasteiger partial charge on any atom is -0.305 e. The van der Waals surface area contributed by atoms with Gasteiger partial charge < -0.3 is 9.97 Å². The largest absolute Gasteiger partial charge is 0.305 e. The van der Waals surface area contributed by atoms with Crippen LogP contribution >= 0.6 is 0 Å². The van der Waals surface area contributed by atoms with Crippen molar-refractivity contribution in [2.75, 3.05) is 0 Å². The van der Waals surface area contributed by atoms with Gasteiger partial charge in [0.15, 0.2) is 0 Å². The number of hydrogen-bond acceptors (Lipinski definition) is 2. The SMILES string of the molecule is Cc1cc(C)cc(-c2c(-c3ccccc3)c(-c3ccccc3)c(-c3ccccc3)c(-c3ccccc3)c2-c2cc[c-]c(-c3ccccn3)c2)c1.Cc1cccc(-c2[c-]cccc2)n1.[Ir]. The molecular weight excluding hydrogens is 953 g/mol. The summed E-state index contributed by atoms with van der Waals surface area (Å²) >= 11 is 0. The number of pyridine rings is 2. The molecule has 1 radical (unpaired) electrons. The topological polar surface area (TPSA) is 25.8 Å². The van der Waals surface area contributed by atoms with E-state index in [0.717, 1.165) is 39.3 Å². The van der Waals surface area contributed by atoms with Crippen LogP contribution in [0.4, 0.5) is 0 Å². The molecule has 0 bridgehead atoms. The zero-order chi connectivity index (χ0) is 43.0. The standard InChI is InChI=1S/C49H36N.C12H10N.Ir/c1-34-30-35(2)32-42(31-34)49-47(39-24-13-6-14-25-39)45(37-20-9-4-10-21-37)44(36-18-7-3-8-19-36)46(38-22-11-5-12-23-38)48(49)41-27-17-26-40(33-41)43-28-15-16-29-50-43;1-10-6-5-9-12(13-10)11-7-3-2-4-8-11;/h3-25,27-33H,1-2H3;2-7,9H,1H3;/q2*-1;. The van der Waals surface area contributed by atoms with Crippen LogP contribution in [0.3, 0.4) is 0 Å². The van der Waals surface area contributed by atoms with Crippen molar-refractivity contribution in [3.8, 4) is 89.3 Å². The molecule has 10 aromatic rings. The van der Waals surface area contributed by atoms with Crippen molar-refractivity contribution in [1.29, 1.82) is 0 Å². The molecule has 8 aromatic carbocycles. The number of hydrogen-bond donors (Lipinski definition) is 0. The Morgan fingerprint density at radius 3 is 1.25 bits per heavy atom. The second kappa shape index (κ2) is 20.3. The Morgan fingerprint density at radius 1 is 0.328 bits per heavy atom. The van der Waals surface area contributed by atoms with Crippen LogP contribution < -0.4 is 0 Å². The molecule has 0 aliphatic carbocycles. The van der Waals surface area contributed by atoms with Gasteiger partial charge in [-0.2, -0.15) is 0 Å². The van der Waals surface area contributed by atoms with E-state index in [1.54, 1.807) is 0 Å². The first-order valence-electron chi connectivity index (χ1n) is 21.4. The number of rotatable bonds is 8. The van der Waals surface area contributed by atoms with Gasteiger partial charge in [0.2, 0.25) is 0 Å². The van der Waals surface area contributed by atoms with Gasteiger partial charge in [-0.05, 0) is 105 Å². The molecule has 2 aromatic heterocycles. The Balaban J connectivity index is 0.000000343. The minimum absolute atomic E-state index is 0. The fraction of sp³-hybridized carbons (Fsp3) is 0.0492. The van der Waals surface area contributed by atoms with E-state index in [9.17, 15) is 0 Å². The summed E-state index contributed by atoms with van der Waals surface area (Å²) in [4.78, 5) is 9.13. The van der Waals surface area contributed by atoms with Crippen molar-refractivity contribution >= 4 is 0 Å². The predicted octanol–water partition coefficient (Wildman–Crippen LogP) is 16.0. The fourth-order valence-corrected chi connectivity index (χ4v) is 8.56. The zero-order valence-corrected chi connectivity index (χ0v) is 38.5. The van der Waals surface area contributed by atoms with Gasteiger partial charge in [-0.15, -0.1) is 65.7 Å². The average Bonchev–Trinajstić information content (AvgIpc) is 3.34. The number of aromatic nitrogens is 2. The molecule has 2 heterocycles. The molecule has 0 fully saturated rings. The predicted molar refractivity (Wildman–Crippen MR) is 264 cm³/mol.